The van der Waals surface area contributed by atoms with Gasteiger partial charge < -0.3 is 0 Å². The van der Waals surface area contributed by atoms with Gasteiger partial charge in [-0.1, -0.05) is 43.7 Å². The van der Waals surface area contributed by atoms with E-state index in [4.69, 9.17) is 0 Å². The van der Waals surface area contributed by atoms with Gasteiger partial charge in [0, 0.05) is 5.57 Å². The van der Waals surface area contributed by atoms with Gasteiger partial charge in [0.05, 0.1) is 0 Å². The summed E-state index contributed by atoms with van der Waals surface area (Å²) in [7, 11) is 0. The molecule has 0 amide bonds. The fourth-order valence-corrected chi connectivity index (χ4v) is 1.72. The van der Waals surface area contributed by atoms with Crippen molar-refractivity contribution in [2.24, 2.45) is 5.92 Å². The van der Waals surface area contributed by atoms with Gasteiger partial charge in [-0.05, 0) is 37.3 Å². The molecular weight excluding hydrogens is 196 g/mol. The lowest BCUT2D eigenvalue weighted by molar-refractivity contribution is -0.103. The number of aldehydes is 1. The van der Waals surface area contributed by atoms with Crippen LogP contribution in [0.4, 0.5) is 0 Å². The maximum Gasteiger partial charge on any atom is 0.150 e. The SMILES string of the molecule is Cc1ccc(C(C=O)=CCC(C)C)c(C)c1. The number of aryl methyl sites for hydroxylation is 2. The summed E-state index contributed by atoms with van der Waals surface area (Å²) in [6.45, 7) is 8.42. The zero-order valence-corrected chi connectivity index (χ0v) is 10.6. The third kappa shape index (κ3) is 3.34. The van der Waals surface area contributed by atoms with E-state index in [1.54, 1.807) is 0 Å². The van der Waals surface area contributed by atoms with Gasteiger partial charge in [0.15, 0.2) is 0 Å². The van der Waals surface area contributed by atoms with E-state index in [1.165, 1.54) is 11.1 Å². The summed E-state index contributed by atoms with van der Waals surface area (Å²) in [4.78, 5) is 11.1. The molecule has 0 saturated carbocycles. The lowest BCUT2D eigenvalue weighted by atomic mass is 9.97. The molecule has 0 radical (unpaired) electrons. The van der Waals surface area contributed by atoms with E-state index in [1.807, 2.05) is 12.1 Å². The van der Waals surface area contributed by atoms with Crippen molar-refractivity contribution in [3.05, 3.63) is 41.0 Å². The van der Waals surface area contributed by atoms with Crippen molar-refractivity contribution in [1.29, 1.82) is 0 Å². The van der Waals surface area contributed by atoms with Crippen molar-refractivity contribution in [1.82, 2.24) is 0 Å². The van der Waals surface area contributed by atoms with Crippen LogP contribution in [-0.2, 0) is 4.79 Å². The first kappa shape index (κ1) is 12.7. The number of hydrogen-bond donors (Lipinski definition) is 0. The van der Waals surface area contributed by atoms with E-state index >= 15 is 0 Å². The Bertz CT molecular complexity index is 400. The van der Waals surface area contributed by atoms with Crippen LogP contribution in [0.25, 0.3) is 5.57 Å². The minimum Gasteiger partial charge on any atom is -0.298 e. The minimum atomic E-state index is 0.584. The second-order valence-electron chi connectivity index (χ2n) is 4.73. The van der Waals surface area contributed by atoms with E-state index in [2.05, 4.69) is 39.8 Å². The van der Waals surface area contributed by atoms with Gasteiger partial charge >= 0.3 is 0 Å². The third-order valence-electron chi connectivity index (χ3n) is 2.63. The third-order valence-corrected chi connectivity index (χ3v) is 2.63. The highest BCUT2D eigenvalue weighted by atomic mass is 16.1. The van der Waals surface area contributed by atoms with Crippen molar-refractivity contribution < 1.29 is 4.79 Å². The average molecular weight is 216 g/mol. The zero-order valence-electron chi connectivity index (χ0n) is 10.6. The van der Waals surface area contributed by atoms with Gasteiger partial charge in [0.1, 0.15) is 6.29 Å². The van der Waals surface area contributed by atoms with Crippen LogP contribution in [0.15, 0.2) is 24.3 Å². The molecule has 0 aliphatic rings. The van der Waals surface area contributed by atoms with Gasteiger partial charge in [-0.15, -0.1) is 0 Å². The molecule has 0 aliphatic carbocycles. The van der Waals surface area contributed by atoms with E-state index < -0.39 is 0 Å². The Morgan fingerprint density at radius 3 is 2.50 bits per heavy atom. The highest BCUT2D eigenvalue weighted by Crippen LogP contribution is 2.20. The van der Waals surface area contributed by atoms with Crippen LogP contribution >= 0.6 is 0 Å². The number of benzene rings is 1. The molecule has 1 rings (SSSR count). The maximum atomic E-state index is 11.1. The summed E-state index contributed by atoms with van der Waals surface area (Å²) in [5.41, 5.74) is 4.27. The van der Waals surface area contributed by atoms with E-state index in [-0.39, 0.29) is 0 Å². The lowest BCUT2D eigenvalue weighted by Crippen LogP contribution is -1.93. The molecule has 0 fully saturated rings. The first-order chi connectivity index (χ1) is 7.54. The fraction of sp³-hybridized carbons (Fsp3) is 0.400. The molecule has 0 aliphatic heterocycles. The number of carbonyl (C=O) groups excluding carboxylic acids is 1. The monoisotopic (exact) mass is 216 g/mol. The highest BCUT2D eigenvalue weighted by Gasteiger charge is 2.04. The van der Waals surface area contributed by atoms with Crippen molar-refractivity contribution in [2.75, 3.05) is 0 Å². The Balaban J connectivity index is 3.04. The highest BCUT2D eigenvalue weighted by molar-refractivity contribution is 6.07. The molecule has 0 aromatic heterocycles. The number of carbonyl (C=O) groups is 1. The summed E-state index contributed by atoms with van der Waals surface area (Å²) in [5, 5.41) is 0. The molecule has 0 bridgehead atoms. The Hall–Kier alpha value is -1.37. The minimum absolute atomic E-state index is 0.584. The molecule has 16 heavy (non-hydrogen) atoms. The van der Waals surface area contributed by atoms with Crippen molar-refractivity contribution in [2.45, 2.75) is 34.1 Å². The first-order valence-corrected chi connectivity index (χ1v) is 5.77. The van der Waals surface area contributed by atoms with Crippen molar-refractivity contribution in [3.63, 3.8) is 0 Å². The second kappa shape index (κ2) is 5.64. The number of allylic oxidation sites excluding steroid dienone is 2. The molecule has 86 valence electrons. The van der Waals surface area contributed by atoms with E-state index in [9.17, 15) is 4.79 Å². The smallest absolute Gasteiger partial charge is 0.150 e. The number of hydrogen-bond acceptors (Lipinski definition) is 1. The van der Waals surface area contributed by atoms with Gasteiger partial charge in [0.2, 0.25) is 0 Å². The largest absolute Gasteiger partial charge is 0.298 e. The van der Waals surface area contributed by atoms with Gasteiger partial charge in [-0.25, -0.2) is 0 Å². The van der Waals surface area contributed by atoms with Gasteiger partial charge in [-0.2, -0.15) is 0 Å². The Labute approximate surface area is 98.2 Å². The normalized spacial score (nSPS) is 11.9. The number of rotatable bonds is 4. The molecule has 1 aromatic rings. The van der Waals surface area contributed by atoms with Crippen LogP contribution in [0.2, 0.25) is 0 Å². The van der Waals surface area contributed by atoms with Crippen LogP contribution in [-0.4, -0.2) is 6.29 Å². The Morgan fingerprint density at radius 1 is 1.31 bits per heavy atom. The predicted octanol–water partition coefficient (Wildman–Crippen LogP) is 3.93. The molecule has 0 saturated heterocycles. The fourth-order valence-electron chi connectivity index (χ4n) is 1.72. The quantitative estimate of drug-likeness (QED) is 0.550. The maximum absolute atomic E-state index is 11.1. The summed E-state index contributed by atoms with van der Waals surface area (Å²) < 4.78 is 0. The molecule has 0 N–H and O–H groups in total. The van der Waals surface area contributed by atoms with Crippen LogP contribution in [0, 0.1) is 19.8 Å². The Morgan fingerprint density at radius 2 is 2.00 bits per heavy atom. The van der Waals surface area contributed by atoms with E-state index in [0.29, 0.717) is 5.92 Å². The molecule has 0 atom stereocenters. The molecule has 1 nitrogen and oxygen atoms in total. The van der Waals surface area contributed by atoms with Crippen LogP contribution < -0.4 is 0 Å². The van der Waals surface area contributed by atoms with Crippen molar-refractivity contribution >= 4 is 11.9 Å². The topological polar surface area (TPSA) is 17.1 Å². The molecular formula is C15H20O. The standard InChI is InChI=1S/C15H20O/c1-11(2)5-7-14(10-16)15-8-6-12(3)9-13(15)4/h6-11H,5H2,1-4H3. The van der Waals surface area contributed by atoms with Crippen molar-refractivity contribution in [3.8, 4) is 0 Å². The van der Waals surface area contributed by atoms with Crippen LogP contribution in [0.1, 0.15) is 37.0 Å². The molecule has 1 heteroatoms. The predicted molar refractivity (Wildman–Crippen MR) is 69.4 cm³/mol. The molecule has 0 heterocycles. The molecule has 1 aromatic carbocycles. The van der Waals surface area contributed by atoms with E-state index in [0.717, 1.165) is 23.8 Å². The van der Waals surface area contributed by atoms with Crippen LogP contribution in [0.5, 0.6) is 0 Å². The summed E-state index contributed by atoms with van der Waals surface area (Å²) in [6, 6.07) is 6.20. The summed E-state index contributed by atoms with van der Waals surface area (Å²) >= 11 is 0. The van der Waals surface area contributed by atoms with Crippen LogP contribution in [0.3, 0.4) is 0 Å². The van der Waals surface area contributed by atoms with Gasteiger partial charge in [-0.3, -0.25) is 4.79 Å². The zero-order chi connectivity index (χ0) is 12.1. The second-order valence-corrected chi connectivity index (χ2v) is 4.73. The first-order valence-electron chi connectivity index (χ1n) is 5.77. The molecule has 0 unspecified atom stereocenters. The molecule has 0 spiro atoms. The summed E-state index contributed by atoms with van der Waals surface area (Å²) in [6.07, 6.45) is 3.94. The lowest BCUT2D eigenvalue weighted by Gasteiger charge is -2.07. The Kier molecular flexibility index (Phi) is 4.48. The summed E-state index contributed by atoms with van der Waals surface area (Å²) in [5.74, 6) is 0.584. The average Bonchev–Trinajstić information content (AvgIpc) is 2.21. The van der Waals surface area contributed by atoms with Gasteiger partial charge in [0.25, 0.3) is 0 Å².